The Kier molecular flexibility index (Phi) is 4.27. The van der Waals surface area contributed by atoms with E-state index < -0.39 is 5.82 Å². The van der Waals surface area contributed by atoms with Gasteiger partial charge in [0.2, 0.25) is 11.9 Å². The van der Waals surface area contributed by atoms with Crippen LogP contribution in [0, 0.1) is 23.6 Å². The number of pyridine rings is 1. The van der Waals surface area contributed by atoms with Gasteiger partial charge in [0, 0.05) is 69.4 Å². The summed E-state index contributed by atoms with van der Waals surface area (Å²) in [6.07, 6.45) is 5.14. The van der Waals surface area contributed by atoms with Crippen molar-refractivity contribution in [1.82, 2.24) is 34.7 Å². The van der Waals surface area contributed by atoms with Crippen molar-refractivity contribution >= 4 is 11.9 Å². The Morgan fingerprint density at radius 1 is 1.25 bits per heavy atom. The van der Waals surface area contributed by atoms with E-state index in [2.05, 4.69) is 35.3 Å². The molecule has 0 aromatic carbocycles. The van der Waals surface area contributed by atoms with E-state index in [4.69, 9.17) is 0 Å². The maximum Gasteiger partial charge on any atom is 0.255 e. The molecule has 32 heavy (non-hydrogen) atoms. The number of hydrogen-bond donors (Lipinski definition) is 0. The minimum Gasteiger partial charge on any atom is -0.342 e. The summed E-state index contributed by atoms with van der Waals surface area (Å²) in [6.45, 7) is 2.64. The molecule has 0 spiro atoms. The van der Waals surface area contributed by atoms with Crippen LogP contribution in [-0.4, -0.2) is 60.9 Å². The van der Waals surface area contributed by atoms with Gasteiger partial charge in [-0.1, -0.05) is 5.10 Å². The molecule has 0 unspecified atom stereocenters. The van der Waals surface area contributed by atoms with Crippen molar-refractivity contribution in [3.8, 4) is 11.3 Å². The SMILES string of the molecule is CN(c1nc(-c2ccncc2F)cc(=O)n1C)[C@H]1[C@@H]2CN(c3nnnn3CC3CC3)C[C@@H]21. The number of hydrogen-bond acceptors (Lipinski definition) is 8. The molecule has 3 aromatic heterocycles. The van der Waals surface area contributed by atoms with Crippen molar-refractivity contribution in [3.63, 3.8) is 0 Å². The third-order valence-corrected chi connectivity index (χ3v) is 7.00. The average molecular weight is 437 g/mol. The second-order valence-electron chi connectivity index (χ2n) is 9.13. The van der Waals surface area contributed by atoms with Crippen LogP contribution in [0.5, 0.6) is 0 Å². The second-order valence-corrected chi connectivity index (χ2v) is 9.13. The third-order valence-electron chi connectivity index (χ3n) is 7.00. The summed E-state index contributed by atoms with van der Waals surface area (Å²) >= 11 is 0. The first-order valence-electron chi connectivity index (χ1n) is 10.9. The van der Waals surface area contributed by atoms with Crippen molar-refractivity contribution in [2.45, 2.75) is 25.4 Å². The number of rotatable bonds is 6. The lowest BCUT2D eigenvalue weighted by Gasteiger charge is -2.26. The molecule has 2 aliphatic carbocycles. The zero-order valence-electron chi connectivity index (χ0n) is 18.0. The lowest BCUT2D eigenvalue weighted by molar-refractivity contribution is 0.536. The maximum absolute atomic E-state index is 14.2. The zero-order valence-corrected chi connectivity index (χ0v) is 18.0. The van der Waals surface area contributed by atoms with Gasteiger partial charge in [0.25, 0.3) is 5.56 Å². The first-order valence-corrected chi connectivity index (χ1v) is 10.9. The van der Waals surface area contributed by atoms with Gasteiger partial charge in [-0.15, -0.1) is 0 Å². The zero-order chi connectivity index (χ0) is 22.0. The van der Waals surface area contributed by atoms with Crippen molar-refractivity contribution in [3.05, 3.63) is 40.7 Å². The van der Waals surface area contributed by atoms with Gasteiger partial charge in [0.15, 0.2) is 5.82 Å². The Balaban J connectivity index is 1.21. The molecule has 166 valence electrons. The normalized spacial score (nSPS) is 24.0. The third kappa shape index (κ3) is 3.14. The largest absolute Gasteiger partial charge is 0.342 e. The summed E-state index contributed by atoms with van der Waals surface area (Å²) in [5.74, 6) is 2.50. The van der Waals surface area contributed by atoms with Gasteiger partial charge >= 0.3 is 0 Å². The van der Waals surface area contributed by atoms with Crippen LogP contribution in [0.4, 0.5) is 16.3 Å². The molecule has 1 saturated heterocycles. The number of anilines is 2. The summed E-state index contributed by atoms with van der Waals surface area (Å²) in [7, 11) is 3.66. The minimum atomic E-state index is -0.496. The number of halogens is 1. The fourth-order valence-electron chi connectivity index (χ4n) is 5.02. The van der Waals surface area contributed by atoms with Crippen LogP contribution in [0.3, 0.4) is 0 Å². The standard InChI is InChI=1S/C21H24FN9O/c1-28-18(32)7-17(13-5-6-23-8-16(13)22)24-20(28)29(2)19-14-10-30(11-15(14)19)21-25-26-27-31(21)9-12-3-4-12/h5-8,12,14-15,19H,3-4,9-11H2,1-2H3/t14-,15+,19+. The van der Waals surface area contributed by atoms with E-state index in [1.54, 1.807) is 7.05 Å². The Hall–Kier alpha value is -3.37. The van der Waals surface area contributed by atoms with Gasteiger partial charge < -0.3 is 9.80 Å². The van der Waals surface area contributed by atoms with Gasteiger partial charge in [-0.2, -0.15) is 0 Å². The summed E-state index contributed by atoms with van der Waals surface area (Å²) in [5.41, 5.74) is 0.373. The molecule has 10 nitrogen and oxygen atoms in total. The smallest absolute Gasteiger partial charge is 0.255 e. The van der Waals surface area contributed by atoms with Crippen LogP contribution in [0.15, 0.2) is 29.3 Å². The topological polar surface area (TPSA) is 97.9 Å². The fraction of sp³-hybridized carbons (Fsp3) is 0.524. The predicted octanol–water partition coefficient (Wildman–Crippen LogP) is 0.949. The molecule has 3 fully saturated rings. The minimum absolute atomic E-state index is 0.222. The van der Waals surface area contributed by atoms with E-state index in [1.165, 1.54) is 35.7 Å². The number of tetrazole rings is 1. The Labute approximate surface area is 183 Å². The van der Waals surface area contributed by atoms with E-state index >= 15 is 0 Å². The van der Waals surface area contributed by atoms with Crippen molar-refractivity contribution in [2.75, 3.05) is 29.9 Å². The highest BCUT2D eigenvalue weighted by Gasteiger charge is 2.59. The molecule has 0 radical (unpaired) electrons. The second kappa shape index (κ2) is 7.07. The molecule has 3 atom stereocenters. The highest BCUT2D eigenvalue weighted by Crippen LogP contribution is 2.50. The molecule has 2 saturated carbocycles. The molecule has 0 bridgehead atoms. The highest BCUT2D eigenvalue weighted by molar-refractivity contribution is 5.60. The summed E-state index contributed by atoms with van der Waals surface area (Å²) in [4.78, 5) is 25.4. The van der Waals surface area contributed by atoms with Crippen LogP contribution >= 0.6 is 0 Å². The first kappa shape index (κ1) is 19.3. The molecule has 1 aliphatic heterocycles. The Morgan fingerprint density at radius 2 is 2.03 bits per heavy atom. The molecular weight excluding hydrogens is 413 g/mol. The molecular formula is C21H24FN9O. The van der Waals surface area contributed by atoms with Gasteiger partial charge in [0.05, 0.1) is 11.9 Å². The Morgan fingerprint density at radius 3 is 2.75 bits per heavy atom. The van der Waals surface area contributed by atoms with Crippen LogP contribution < -0.4 is 15.4 Å². The number of fused-ring (bicyclic) bond motifs is 1. The van der Waals surface area contributed by atoms with Crippen LogP contribution in [0.25, 0.3) is 11.3 Å². The lowest BCUT2D eigenvalue weighted by atomic mass is 10.2. The van der Waals surface area contributed by atoms with Gasteiger partial charge in [-0.25, -0.2) is 14.1 Å². The monoisotopic (exact) mass is 437 g/mol. The Bertz CT molecular complexity index is 1220. The quantitative estimate of drug-likeness (QED) is 0.562. The average Bonchev–Trinajstić information content (AvgIpc) is 3.61. The maximum atomic E-state index is 14.2. The fourth-order valence-corrected chi connectivity index (χ4v) is 5.02. The molecule has 4 heterocycles. The van der Waals surface area contributed by atoms with Crippen molar-refractivity contribution in [2.24, 2.45) is 24.8 Å². The lowest BCUT2D eigenvalue weighted by Crippen LogP contribution is -2.37. The van der Waals surface area contributed by atoms with E-state index in [-0.39, 0.29) is 17.2 Å². The van der Waals surface area contributed by atoms with Gasteiger partial charge in [-0.3, -0.25) is 14.3 Å². The van der Waals surface area contributed by atoms with Crippen LogP contribution in [-0.2, 0) is 13.6 Å². The molecule has 6 rings (SSSR count). The van der Waals surface area contributed by atoms with Crippen LogP contribution in [0.1, 0.15) is 12.8 Å². The molecule has 11 heteroatoms. The van der Waals surface area contributed by atoms with E-state index in [1.807, 2.05) is 11.7 Å². The molecule has 0 N–H and O–H groups in total. The van der Waals surface area contributed by atoms with E-state index in [0.29, 0.717) is 29.4 Å². The van der Waals surface area contributed by atoms with Crippen LogP contribution in [0.2, 0.25) is 0 Å². The van der Waals surface area contributed by atoms with Crippen molar-refractivity contribution in [1.29, 1.82) is 0 Å². The first-order chi connectivity index (χ1) is 15.5. The number of aromatic nitrogens is 7. The summed E-state index contributed by atoms with van der Waals surface area (Å²) < 4.78 is 17.7. The predicted molar refractivity (Wildman–Crippen MR) is 115 cm³/mol. The van der Waals surface area contributed by atoms with E-state index in [0.717, 1.165) is 31.8 Å². The number of nitrogens with zero attached hydrogens (tertiary/aromatic N) is 9. The number of piperidine rings is 1. The molecule has 3 aliphatic rings. The van der Waals surface area contributed by atoms with Crippen molar-refractivity contribution < 1.29 is 4.39 Å². The van der Waals surface area contributed by atoms with E-state index in [9.17, 15) is 9.18 Å². The summed E-state index contributed by atoms with van der Waals surface area (Å²) in [5, 5.41) is 12.3. The summed E-state index contributed by atoms with van der Waals surface area (Å²) in [6, 6.07) is 3.18. The molecule has 3 aromatic rings. The van der Waals surface area contributed by atoms with Gasteiger partial charge in [-0.05, 0) is 35.3 Å². The van der Waals surface area contributed by atoms with Gasteiger partial charge in [0.1, 0.15) is 0 Å². The highest BCUT2D eigenvalue weighted by atomic mass is 19.1. The molecule has 0 amide bonds.